The summed E-state index contributed by atoms with van der Waals surface area (Å²) in [6.45, 7) is 5.57. The maximum atomic E-state index is 5.85. The number of nitrogens with one attached hydrogen (secondary N) is 1. The Hall–Kier alpha value is -2.73. The largest absolute Gasteiger partial charge is 0.497 e. The van der Waals surface area contributed by atoms with E-state index in [4.69, 9.17) is 14.5 Å². The zero-order chi connectivity index (χ0) is 17.8. The molecule has 136 valence electrons. The fourth-order valence-corrected chi connectivity index (χ4v) is 3.26. The SMILES string of the molecule is COc1cccc(OCCN2CCN(c3nc4ccccc4[nH]3)CC2)c1. The minimum atomic E-state index is 0.678. The van der Waals surface area contributed by atoms with Crippen molar-refractivity contribution < 1.29 is 9.47 Å². The summed E-state index contributed by atoms with van der Waals surface area (Å²) in [5.74, 6) is 2.64. The van der Waals surface area contributed by atoms with Crippen LogP contribution in [0.2, 0.25) is 0 Å². The average molecular weight is 352 g/mol. The Balaban J connectivity index is 1.25. The lowest BCUT2D eigenvalue weighted by molar-refractivity contribution is 0.200. The Bertz CT molecular complexity index is 823. The maximum Gasteiger partial charge on any atom is 0.203 e. The highest BCUT2D eigenvalue weighted by atomic mass is 16.5. The van der Waals surface area contributed by atoms with Crippen molar-refractivity contribution in [1.29, 1.82) is 0 Å². The third-order valence-electron chi connectivity index (χ3n) is 4.77. The first kappa shape index (κ1) is 16.7. The van der Waals surface area contributed by atoms with Crippen LogP contribution in [0.4, 0.5) is 5.95 Å². The van der Waals surface area contributed by atoms with Gasteiger partial charge in [0.25, 0.3) is 0 Å². The minimum Gasteiger partial charge on any atom is -0.497 e. The number of piperazine rings is 1. The quantitative estimate of drug-likeness (QED) is 0.739. The molecular formula is C20H24N4O2. The highest BCUT2D eigenvalue weighted by Gasteiger charge is 2.19. The first-order valence-corrected chi connectivity index (χ1v) is 9.01. The van der Waals surface area contributed by atoms with Crippen molar-refractivity contribution in [3.8, 4) is 11.5 Å². The lowest BCUT2D eigenvalue weighted by Crippen LogP contribution is -2.47. The van der Waals surface area contributed by atoms with Crippen molar-refractivity contribution in [2.45, 2.75) is 0 Å². The number of aromatic amines is 1. The summed E-state index contributed by atoms with van der Waals surface area (Å²) in [5.41, 5.74) is 2.12. The molecule has 1 aliphatic rings. The van der Waals surface area contributed by atoms with Crippen LogP contribution in [-0.4, -0.2) is 61.3 Å². The van der Waals surface area contributed by atoms with Crippen molar-refractivity contribution in [3.05, 3.63) is 48.5 Å². The minimum absolute atomic E-state index is 0.678. The molecule has 1 aliphatic heterocycles. The number of hydrogen-bond donors (Lipinski definition) is 1. The van der Waals surface area contributed by atoms with Crippen molar-refractivity contribution in [2.75, 3.05) is 51.3 Å². The molecule has 0 unspecified atom stereocenters. The Morgan fingerprint density at radius 1 is 1.00 bits per heavy atom. The molecule has 1 saturated heterocycles. The molecule has 1 aromatic heterocycles. The number of rotatable bonds is 6. The molecule has 0 saturated carbocycles. The first-order chi connectivity index (χ1) is 12.8. The number of para-hydroxylation sites is 2. The van der Waals surface area contributed by atoms with E-state index in [-0.39, 0.29) is 0 Å². The van der Waals surface area contributed by atoms with Crippen LogP contribution < -0.4 is 14.4 Å². The van der Waals surface area contributed by atoms with Crippen LogP contribution in [0.3, 0.4) is 0 Å². The van der Waals surface area contributed by atoms with Gasteiger partial charge in [0.1, 0.15) is 18.1 Å². The summed E-state index contributed by atoms with van der Waals surface area (Å²) >= 11 is 0. The molecule has 0 amide bonds. The van der Waals surface area contributed by atoms with E-state index in [0.29, 0.717) is 6.61 Å². The van der Waals surface area contributed by atoms with Crippen LogP contribution in [-0.2, 0) is 0 Å². The summed E-state index contributed by atoms with van der Waals surface area (Å²) in [5, 5.41) is 0. The summed E-state index contributed by atoms with van der Waals surface area (Å²) < 4.78 is 11.1. The van der Waals surface area contributed by atoms with Gasteiger partial charge in [0.05, 0.1) is 18.1 Å². The molecule has 4 rings (SSSR count). The predicted octanol–water partition coefficient (Wildman–Crippen LogP) is 2.77. The van der Waals surface area contributed by atoms with Gasteiger partial charge in [0.2, 0.25) is 5.95 Å². The summed E-state index contributed by atoms with van der Waals surface area (Å²) in [6.07, 6.45) is 0. The highest BCUT2D eigenvalue weighted by Crippen LogP contribution is 2.20. The van der Waals surface area contributed by atoms with E-state index in [2.05, 4.69) is 20.9 Å². The van der Waals surface area contributed by atoms with Gasteiger partial charge in [0, 0.05) is 38.8 Å². The van der Waals surface area contributed by atoms with Crippen LogP contribution in [0, 0.1) is 0 Å². The van der Waals surface area contributed by atoms with Gasteiger partial charge in [-0.2, -0.15) is 0 Å². The molecule has 0 bridgehead atoms. The summed E-state index contributed by atoms with van der Waals surface area (Å²) in [4.78, 5) is 12.9. The van der Waals surface area contributed by atoms with Gasteiger partial charge in [-0.3, -0.25) is 4.90 Å². The molecule has 1 N–H and O–H groups in total. The number of fused-ring (bicyclic) bond motifs is 1. The third kappa shape index (κ3) is 3.75. The van der Waals surface area contributed by atoms with Gasteiger partial charge in [0.15, 0.2) is 0 Å². The van der Waals surface area contributed by atoms with E-state index < -0.39 is 0 Å². The zero-order valence-corrected chi connectivity index (χ0v) is 15.0. The van der Waals surface area contributed by atoms with E-state index in [9.17, 15) is 0 Å². The number of hydrogen-bond acceptors (Lipinski definition) is 5. The first-order valence-electron chi connectivity index (χ1n) is 9.01. The molecule has 0 radical (unpaired) electrons. The number of nitrogens with zero attached hydrogens (tertiary/aromatic N) is 3. The molecule has 3 aromatic rings. The second-order valence-electron chi connectivity index (χ2n) is 6.43. The van der Waals surface area contributed by atoms with E-state index >= 15 is 0 Å². The van der Waals surface area contributed by atoms with Gasteiger partial charge in [-0.05, 0) is 24.3 Å². The molecule has 0 atom stereocenters. The highest BCUT2D eigenvalue weighted by molar-refractivity contribution is 5.77. The van der Waals surface area contributed by atoms with Crippen LogP contribution in [0.5, 0.6) is 11.5 Å². The van der Waals surface area contributed by atoms with Crippen LogP contribution in [0.1, 0.15) is 0 Å². The predicted molar refractivity (Wildman–Crippen MR) is 103 cm³/mol. The lowest BCUT2D eigenvalue weighted by atomic mass is 10.3. The Morgan fingerprint density at radius 3 is 2.62 bits per heavy atom. The van der Waals surface area contributed by atoms with Gasteiger partial charge >= 0.3 is 0 Å². The fourth-order valence-electron chi connectivity index (χ4n) is 3.26. The number of ether oxygens (including phenoxy) is 2. The smallest absolute Gasteiger partial charge is 0.203 e. The number of H-pyrrole nitrogens is 1. The molecule has 6 heteroatoms. The third-order valence-corrected chi connectivity index (χ3v) is 4.77. The second-order valence-corrected chi connectivity index (χ2v) is 6.43. The molecular weight excluding hydrogens is 328 g/mol. The standard InChI is InChI=1S/C20H24N4O2/c1-25-16-5-4-6-17(15-16)26-14-13-23-9-11-24(12-10-23)20-21-18-7-2-3-8-19(18)22-20/h2-8,15H,9-14H2,1H3,(H,21,22). The zero-order valence-electron chi connectivity index (χ0n) is 15.0. The molecule has 2 aromatic carbocycles. The summed E-state index contributed by atoms with van der Waals surface area (Å²) in [7, 11) is 1.67. The van der Waals surface area contributed by atoms with Gasteiger partial charge in [-0.15, -0.1) is 0 Å². The van der Waals surface area contributed by atoms with Crippen molar-refractivity contribution in [2.24, 2.45) is 0 Å². The Labute approximate surface area is 153 Å². The van der Waals surface area contributed by atoms with Crippen LogP contribution in [0.25, 0.3) is 11.0 Å². The van der Waals surface area contributed by atoms with Gasteiger partial charge in [-0.25, -0.2) is 4.98 Å². The number of benzene rings is 2. The second kappa shape index (κ2) is 7.66. The van der Waals surface area contributed by atoms with Gasteiger partial charge in [-0.1, -0.05) is 18.2 Å². The monoisotopic (exact) mass is 352 g/mol. The number of methoxy groups -OCH3 is 1. The van der Waals surface area contributed by atoms with E-state index in [1.807, 2.05) is 42.5 Å². The fraction of sp³-hybridized carbons (Fsp3) is 0.350. The molecule has 2 heterocycles. The Kier molecular flexibility index (Phi) is 4.93. The van der Waals surface area contributed by atoms with E-state index in [0.717, 1.165) is 61.2 Å². The van der Waals surface area contributed by atoms with Crippen molar-refractivity contribution >= 4 is 17.0 Å². The molecule has 0 spiro atoms. The van der Waals surface area contributed by atoms with Crippen molar-refractivity contribution in [1.82, 2.24) is 14.9 Å². The molecule has 1 fully saturated rings. The topological polar surface area (TPSA) is 53.6 Å². The molecule has 0 aliphatic carbocycles. The normalized spacial score (nSPS) is 15.3. The van der Waals surface area contributed by atoms with Gasteiger partial charge < -0.3 is 19.4 Å². The lowest BCUT2D eigenvalue weighted by Gasteiger charge is -2.34. The number of aromatic nitrogens is 2. The van der Waals surface area contributed by atoms with Crippen LogP contribution in [0.15, 0.2) is 48.5 Å². The van der Waals surface area contributed by atoms with Crippen molar-refractivity contribution in [3.63, 3.8) is 0 Å². The maximum absolute atomic E-state index is 5.85. The molecule has 6 nitrogen and oxygen atoms in total. The Morgan fingerprint density at radius 2 is 1.81 bits per heavy atom. The number of anilines is 1. The average Bonchev–Trinajstić information content (AvgIpc) is 3.13. The van der Waals surface area contributed by atoms with E-state index in [1.165, 1.54) is 0 Å². The summed E-state index contributed by atoms with van der Waals surface area (Å²) in [6, 6.07) is 15.9. The van der Waals surface area contributed by atoms with E-state index in [1.54, 1.807) is 7.11 Å². The van der Waals surface area contributed by atoms with Crippen LogP contribution >= 0.6 is 0 Å². The molecule has 26 heavy (non-hydrogen) atoms. The number of imidazole rings is 1.